The van der Waals surface area contributed by atoms with E-state index in [1.807, 2.05) is 35.1 Å². The molecule has 0 bridgehead atoms. The van der Waals surface area contributed by atoms with Gasteiger partial charge in [0.15, 0.2) is 0 Å². The zero-order valence-electron chi connectivity index (χ0n) is 10.2. The number of para-hydroxylation sites is 1. The van der Waals surface area contributed by atoms with Gasteiger partial charge >= 0.3 is 0 Å². The molecular weight excluding hydrogens is 224 g/mol. The third kappa shape index (κ3) is 1.64. The summed E-state index contributed by atoms with van der Waals surface area (Å²) in [6.07, 6.45) is 2.72. The third-order valence-electron chi connectivity index (χ3n) is 3.15. The Labute approximate surface area is 105 Å². The molecule has 0 atom stereocenters. The van der Waals surface area contributed by atoms with Crippen molar-refractivity contribution in [2.75, 3.05) is 0 Å². The molecule has 0 aliphatic carbocycles. The van der Waals surface area contributed by atoms with Gasteiger partial charge in [0.2, 0.25) is 0 Å². The predicted molar refractivity (Wildman–Crippen MR) is 72.1 cm³/mol. The summed E-state index contributed by atoms with van der Waals surface area (Å²) in [6.45, 7) is 2.07. The van der Waals surface area contributed by atoms with E-state index >= 15 is 0 Å². The molecule has 0 radical (unpaired) electrons. The number of aryl methyl sites for hydroxylation is 1. The van der Waals surface area contributed by atoms with Crippen LogP contribution in [0.4, 0.5) is 0 Å². The highest BCUT2D eigenvalue weighted by Crippen LogP contribution is 2.24. The monoisotopic (exact) mass is 238 g/mol. The zero-order valence-corrected chi connectivity index (χ0v) is 10.2. The van der Waals surface area contributed by atoms with Crippen molar-refractivity contribution in [3.63, 3.8) is 0 Å². The van der Waals surface area contributed by atoms with Crippen LogP contribution in [0.1, 0.15) is 12.5 Å². The lowest BCUT2D eigenvalue weighted by molar-refractivity contribution is 0.474. The number of hydrogen-bond donors (Lipinski definition) is 1. The van der Waals surface area contributed by atoms with E-state index in [0.717, 1.165) is 28.6 Å². The second kappa shape index (κ2) is 4.18. The maximum absolute atomic E-state index is 9.55. The van der Waals surface area contributed by atoms with E-state index < -0.39 is 0 Å². The summed E-state index contributed by atoms with van der Waals surface area (Å²) in [6, 6.07) is 13.5. The van der Waals surface area contributed by atoms with E-state index in [9.17, 15) is 5.11 Å². The van der Waals surface area contributed by atoms with Crippen molar-refractivity contribution in [3.05, 3.63) is 54.2 Å². The average molecular weight is 238 g/mol. The van der Waals surface area contributed by atoms with Gasteiger partial charge in [0.1, 0.15) is 5.75 Å². The minimum atomic E-state index is 0.298. The number of phenols is 1. The van der Waals surface area contributed by atoms with Crippen molar-refractivity contribution in [2.45, 2.75) is 13.3 Å². The summed E-state index contributed by atoms with van der Waals surface area (Å²) in [5, 5.41) is 15.1. The number of benzene rings is 2. The van der Waals surface area contributed by atoms with Crippen LogP contribution < -0.4 is 0 Å². The van der Waals surface area contributed by atoms with Crippen LogP contribution in [0.2, 0.25) is 0 Å². The molecule has 1 N–H and O–H groups in total. The summed E-state index contributed by atoms with van der Waals surface area (Å²) in [5.74, 6) is 0.298. The molecule has 3 rings (SSSR count). The van der Waals surface area contributed by atoms with E-state index in [1.54, 1.807) is 12.1 Å². The summed E-state index contributed by atoms with van der Waals surface area (Å²) >= 11 is 0. The van der Waals surface area contributed by atoms with Crippen molar-refractivity contribution in [3.8, 4) is 11.4 Å². The smallest absolute Gasteiger partial charge is 0.116 e. The molecule has 2 aromatic carbocycles. The molecular formula is C15H14N2O. The van der Waals surface area contributed by atoms with E-state index in [1.165, 1.54) is 0 Å². The van der Waals surface area contributed by atoms with E-state index in [0.29, 0.717) is 5.75 Å². The van der Waals surface area contributed by atoms with Gasteiger partial charge in [-0.1, -0.05) is 25.1 Å². The van der Waals surface area contributed by atoms with Gasteiger partial charge in [-0.05, 0) is 36.2 Å². The number of nitrogens with zero attached hydrogens (tertiary/aromatic N) is 2. The molecule has 1 heterocycles. The summed E-state index contributed by atoms with van der Waals surface area (Å²) in [4.78, 5) is 0. The van der Waals surface area contributed by atoms with Gasteiger partial charge in [-0.25, -0.2) is 4.68 Å². The first kappa shape index (κ1) is 10.8. The Balaban J connectivity index is 2.26. The zero-order chi connectivity index (χ0) is 12.5. The predicted octanol–water partition coefficient (Wildman–Crippen LogP) is 3.29. The highest BCUT2D eigenvalue weighted by atomic mass is 16.3. The maximum atomic E-state index is 9.55. The summed E-state index contributed by atoms with van der Waals surface area (Å²) in [5.41, 5.74) is 3.19. The van der Waals surface area contributed by atoms with Gasteiger partial charge in [-0.2, -0.15) is 5.10 Å². The lowest BCUT2D eigenvalue weighted by atomic mass is 10.1. The molecule has 0 spiro atoms. The Morgan fingerprint density at radius 2 is 2.00 bits per heavy atom. The van der Waals surface area contributed by atoms with E-state index in [-0.39, 0.29) is 0 Å². The number of fused-ring (bicyclic) bond motifs is 1. The number of aromatic hydroxyl groups is 1. The molecule has 0 unspecified atom stereocenters. The fourth-order valence-electron chi connectivity index (χ4n) is 2.23. The van der Waals surface area contributed by atoms with Crippen LogP contribution >= 0.6 is 0 Å². The van der Waals surface area contributed by atoms with E-state index in [4.69, 9.17) is 0 Å². The van der Waals surface area contributed by atoms with Crippen LogP contribution in [0.25, 0.3) is 16.6 Å². The maximum Gasteiger partial charge on any atom is 0.116 e. The van der Waals surface area contributed by atoms with Gasteiger partial charge in [0, 0.05) is 5.39 Å². The average Bonchev–Trinajstić information content (AvgIpc) is 2.82. The molecule has 0 fully saturated rings. The first-order valence-corrected chi connectivity index (χ1v) is 6.04. The van der Waals surface area contributed by atoms with Crippen LogP contribution in [-0.2, 0) is 6.42 Å². The molecule has 0 aliphatic rings. The first-order valence-electron chi connectivity index (χ1n) is 6.04. The highest BCUT2D eigenvalue weighted by molar-refractivity contribution is 5.80. The van der Waals surface area contributed by atoms with Crippen LogP contribution in [0.5, 0.6) is 5.75 Å². The Kier molecular flexibility index (Phi) is 2.52. The highest BCUT2D eigenvalue weighted by Gasteiger charge is 2.08. The molecule has 3 aromatic rings. The van der Waals surface area contributed by atoms with Gasteiger partial charge in [0.25, 0.3) is 0 Å². The molecule has 3 nitrogen and oxygen atoms in total. The fourth-order valence-corrected chi connectivity index (χ4v) is 2.23. The second-order valence-electron chi connectivity index (χ2n) is 4.28. The third-order valence-corrected chi connectivity index (χ3v) is 3.15. The lowest BCUT2D eigenvalue weighted by Crippen LogP contribution is -2.00. The Morgan fingerprint density at radius 3 is 2.83 bits per heavy atom. The number of aromatic nitrogens is 2. The standard InChI is InChI=1S/C15H14N2O/c1-2-11-9-13(18)7-8-15(11)17-14-6-4-3-5-12(14)10-16-17/h3-10,18H,2H2,1H3. The minimum absolute atomic E-state index is 0.298. The van der Waals surface area contributed by atoms with Crippen molar-refractivity contribution in [2.24, 2.45) is 0 Å². The lowest BCUT2D eigenvalue weighted by Gasteiger charge is -2.09. The first-order chi connectivity index (χ1) is 8.79. The Bertz CT molecular complexity index is 701. The molecule has 90 valence electrons. The number of phenolic OH excluding ortho intramolecular Hbond substituents is 1. The topological polar surface area (TPSA) is 38.0 Å². The molecule has 18 heavy (non-hydrogen) atoms. The van der Waals surface area contributed by atoms with E-state index in [2.05, 4.69) is 18.1 Å². The van der Waals surface area contributed by atoms with Gasteiger partial charge in [-0.15, -0.1) is 0 Å². The number of rotatable bonds is 2. The van der Waals surface area contributed by atoms with Crippen molar-refractivity contribution >= 4 is 10.9 Å². The molecule has 0 saturated heterocycles. The quantitative estimate of drug-likeness (QED) is 0.744. The fraction of sp³-hybridized carbons (Fsp3) is 0.133. The molecule has 0 saturated carbocycles. The van der Waals surface area contributed by atoms with Crippen molar-refractivity contribution < 1.29 is 5.11 Å². The van der Waals surface area contributed by atoms with Crippen molar-refractivity contribution in [1.82, 2.24) is 9.78 Å². The normalized spacial score (nSPS) is 10.9. The Morgan fingerprint density at radius 1 is 1.17 bits per heavy atom. The van der Waals surface area contributed by atoms with Gasteiger partial charge < -0.3 is 5.11 Å². The van der Waals surface area contributed by atoms with Gasteiger partial charge in [0.05, 0.1) is 17.4 Å². The molecule has 0 amide bonds. The molecule has 0 aliphatic heterocycles. The SMILES string of the molecule is CCc1cc(O)ccc1-n1ncc2ccccc21. The summed E-state index contributed by atoms with van der Waals surface area (Å²) < 4.78 is 1.92. The molecule has 1 aromatic heterocycles. The minimum Gasteiger partial charge on any atom is -0.508 e. The second-order valence-corrected chi connectivity index (χ2v) is 4.28. The van der Waals surface area contributed by atoms with Crippen LogP contribution in [0, 0.1) is 0 Å². The van der Waals surface area contributed by atoms with Crippen LogP contribution in [0.3, 0.4) is 0 Å². The summed E-state index contributed by atoms with van der Waals surface area (Å²) in [7, 11) is 0. The largest absolute Gasteiger partial charge is 0.508 e. The van der Waals surface area contributed by atoms with Crippen molar-refractivity contribution in [1.29, 1.82) is 0 Å². The van der Waals surface area contributed by atoms with Gasteiger partial charge in [-0.3, -0.25) is 0 Å². The molecule has 3 heteroatoms. The number of hydrogen-bond acceptors (Lipinski definition) is 2. The Hall–Kier alpha value is -2.29. The van der Waals surface area contributed by atoms with Crippen LogP contribution in [-0.4, -0.2) is 14.9 Å². The van der Waals surface area contributed by atoms with Crippen LogP contribution in [0.15, 0.2) is 48.7 Å².